The highest BCUT2D eigenvalue weighted by Crippen LogP contribution is 2.49. The summed E-state index contributed by atoms with van der Waals surface area (Å²) < 4.78 is 34.8. The van der Waals surface area contributed by atoms with E-state index in [1.165, 1.54) is 6.07 Å². The van der Waals surface area contributed by atoms with E-state index < -0.39 is 17.6 Å². The second kappa shape index (κ2) is 10.1. The molecule has 2 aliphatic rings. The molecule has 2 aliphatic heterocycles. The smallest absolute Gasteiger partial charge is 0.335 e. The van der Waals surface area contributed by atoms with E-state index in [2.05, 4.69) is 0 Å². The molecule has 8 nitrogen and oxygen atoms in total. The molecule has 7 rings (SSSR count). The summed E-state index contributed by atoms with van der Waals surface area (Å²) in [6.45, 7) is 2.99. The Morgan fingerprint density at radius 3 is 2.71 bits per heavy atom. The standard InChI is InChI=1S/C32H25ClFN3O5/c1-32(24-9-7-20(33)14-25(24)34)41-28-4-2-3-23(30(28)42-32)19-5-8-21(35-16-19)15-29-36-26-10-6-18(31(38)39)13-27(26)37(29)17-22-11-12-40-22/h2-10,13-14,16,22H,11-12,15,17H2,1H3,(H,38,39)/t22-,32?/m0/s1. The van der Waals surface area contributed by atoms with Gasteiger partial charge in [-0.15, -0.1) is 0 Å². The van der Waals surface area contributed by atoms with E-state index in [0.29, 0.717) is 29.5 Å². The summed E-state index contributed by atoms with van der Waals surface area (Å²) in [6, 6.07) is 18.8. The van der Waals surface area contributed by atoms with Gasteiger partial charge in [0.2, 0.25) is 0 Å². The fraction of sp³-hybridized carbons (Fsp3) is 0.219. The lowest BCUT2D eigenvalue weighted by Crippen LogP contribution is -2.32. The predicted molar refractivity (Wildman–Crippen MR) is 154 cm³/mol. The Balaban J connectivity index is 1.17. The Kier molecular flexibility index (Phi) is 6.36. The van der Waals surface area contributed by atoms with Crippen LogP contribution in [-0.2, 0) is 23.5 Å². The molecule has 42 heavy (non-hydrogen) atoms. The zero-order valence-electron chi connectivity index (χ0n) is 22.5. The molecule has 1 unspecified atom stereocenters. The minimum Gasteiger partial charge on any atom is -0.478 e. The van der Waals surface area contributed by atoms with Gasteiger partial charge in [-0.05, 0) is 55.0 Å². The summed E-state index contributed by atoms with van der Waals surface area (Å²) in [5, 5.41) is 9.79. The fourth-order valence-corrected chi connectivity index (χ4v) is 5.61. The molecule has 2 aromatic heterocycles. The van der Waals surface area contributed by atoms with Crippen LogP contribution >= 0.6 is 11.6 Å². The molecule has 0 amide bonds. The molecular weight excluding hydrogens is 561 g/mol. The summed E-state index contributed by atoms with van der Waals surface area (Å²) in [5.41, 5.74) is 4.30. The first-order chi connectivity index (χ1) is 20.3. The van der Waals surface area contributed by atoms with Crippen LogP contribution in [0.15, 0.2) is 72.9 Å². The van der Waals surface area contributed by atoms with Gasteiger partial charge in [-0.2, -0.15) is 0 Å². The van der Waals surface area contributed by atoms with Gasteiger partial charge in [0.15, 0.2) is 11.5 Å². The van der Waals surface area contributed by atoms with E-state index in [4.69, 9.17) is 35.8 Å². The number of carbonyl (C=O) groups is 1. The van der Waals surface area contributed by atoms with Crippen LogP contribution < -0.4 is 9.47 Å². The molecule has 0 spiro atoms. The summed E-state index contributed by atoms with van der Waals surface area (Å²) in [4.78, 5) is 21.1. The lowest BCUT2D eigenvalue weighted by Gasteiger charge is -2.27. The number of imidazole rings is 1. The number of carboxylic acids is 1. The number of fused-ring (bicyclic) bond motifs is 2. The molecular formula is C32H25ClFN3O5. The van der Waals surface area contributed by atoms with E-state index in [-0.39, 0.29) is 17.2 Å². The monoisotopic (exact) mass is 585 g/mol. The molecule has 4 heterocycles. The van der Waals surface area contributed by atoms with Gasteiger partial charge in [-0.3, -0.25) is 4.98 Å². The minimum atomic E-state index is -1.36. The Morgan fingerprint density at radius 1 is 1.14 bits per heavy atom. The van der Waals surface area contributed by atoms with Crippen LogP contribution in [0.4, 0.5) is 4.39 Å². The molecule has 0 radical (unpaired) electrons. The SMILES string of the molecule is CC1(c2ccc(Cl)cc2F)Oc2cccc(-c3ccc(Cc4nc5ccc(C(=O)O)cc5n4C[C@@H]4CCO4)nc3)c2O1. The number of pyridine rings is 1. The van der Waals surface area contributed by atoms with Gasteiger partial charge >= 0.3 is 5.97 Å². The molecule has 3 aromatic carbocycles. The first-order valence-corrected chi connectivity index (χ1v) is 13.9. The third-order valence-electron chi connectivity index (χ3n) is 7.73. The third kappa shape index (κ3) is 4.64. The molecule has 1 N–H and O–H groups in total. The Hall–Kier alpha value is -4.47. The minimum absolute atomic E-state index is 0.0689. The number of rotatable bonds is 7. The maximum Gasteiger partial charge on any atom is 0.335 e. The van der Waals surface area contributed by atoms with Crippen LogP contribution in [0.3, 0.4) is 0 Å². The highest BCUT2D eigenvalue weighted by Gasteiger charge is 2.42. The molecule has 0 aliphatic carbocycles. The van der Waals surface area contributed by atoms with Crippen molar-refractivity contribution in [1.29, 1.82) is 0 Å². The second-order valence-electron chi connectivity index (χ2n) is 10.6. The average Bonchev–Trinajstić information content (AvgIpc) is 3.47. The van der Waals surface area contributed by atoms with Crippen LogP contribution in [-0.4, -0.2) is 38.3 Å². The van der Waals surface area contributed by atoms with Crippen molar-refractivity contribution in [3.05, 3.63) is 106 Å². The third-order valence-corrected chi connectivity index (χ3v) is 7.96. The number of carboxylic acid groups (broad SMARTS) is 1. The molecule has 5 aromatic rings. The van der Waals surface area contributed by atoms with Gasteiger partial charge in [-0.1, -0.05) is 29.8 Å². The number of aromatic nitrogens is 3. The van der Waals surface area contributed by atoms with Crippen molar-refractivity contribution in [3.63, 3.8) is 0 Å². The van der Waals surface area contributed by atoms with E-state index in [1.807, 2.05) is 28.8 Å². The van der Waals surface area contributed by atoms with E-state index in [0.717, 1.165) is 46.7 Å². The number of benzene rings is 3. The summed E-state index contributed by atoms with van der Waals surface area (Å²) in [6.07, 6.45) is 3.23. The highest BCUT2D eigenvalue weighted by atomic mass is 35.5. The molecule has 1 fully saturated rings. The lowest BCUT2D eigenvalue weighted by molar-refractivity contribution is -0.0705. The first-order valence-electron chi connectivity index (χ1n) is 13.5. The Morgan fingerprint density at radius 2 is 2.00 bits per heavy atom. The van der Waals surface area contributed by atoms with Crippen LogP contribution in [0.25, 0.3) is 22.2 Å². The highest BCUT2D eigenvalue weighted by molar-refractivity contribution is 6.30. The summed E-state index contributed by atoms with van der Waals surface area (Å²) in [7, 11) is 0. The molecule has 2 atom stereocenters. The van der Waals surface area contributed by atoms with E-state index in [1.54, 1.807) is 49.5 Å². The van der Waals surface area contributed by atoms with Crippen molar-refractivity contribution in [2.75, 3.05) is 6.61 Å². The zero-order valence-corrected chi connectivity index (χ0v) is 23.3. The van der Waals surface area contributed by atoms with E-state index in [9.17, 15) is 14.3 Å². The first kappa shape index (κ1) is 26.4. The average molecular weight is 586 g/mol. The number of nitrogens with zero attached hydrogens (tertiary/aromatic N) is 3. The van der Waals surface area contributed by atoms with Crippen LogP contribution in [0.2, 0.25) is 5.02 Å². The largest absolute Gasteiger partial charge is 0.478 e. The lowest BCUT2D eigenvalue weighted by atomic mass is 10.1. The number of para-hydroxylation sites is 1. The summed E-state index contributed by atoms with van der Waals surface area (Å²) in [5.74, 6) is -1.07. The van der Waals surface area contributed by atoms with Gasteiger partial charge in [0.05, 0.1) is 34.8 Å². The van der Waals surface area contributed by atoms with Crippen molar-refractivity contribution in [3.8, 4) is 22.6 Å². The molecule has 1 saturated heterocycles. The molecule has 10 heteroatoms. The second-order valence-corrected chi connectivity index (χ2v) is 11.0. The zero-order chi connectivity index (χ0) is 29.0. The number of aromatic carboxylic acids is 1. The number of hydrogen-bond donors (Lipinski definition) is 1. The topological polar surface area (TPSA) is 95.7 Å². The van der Waals surface area contributed by atoms with Gasteiger partial charge < -0.3 is 23.9 Å². The molecule has 0 bridgehead atoms. The fourth-order valence-electron chi connectivity index (χ4n) is 5.45. The molecule has 0 saturated carbocycles. The van der Waals surface area contributed by atoms with Gasteiger partial charge in [0.25, 0.3) is 5.79 Å². The predicted octanol–water partition coefficient (Wildman–Crippen LogP) is 6.61. The maximum absolute atomic E-state index is 14.8. The van der Waals surface area contributed by atoms with Crippen LogP contribution in [0, 0.1) is 5.82 Å². The van der Waals surface area contributed by atoms with Crippen molar-refractivity contribution in [2.45, 2.75) is 38.2 Å². The Bertz CT molecular complexity index is 1850. The van der Waals surface area contributed by atoms with Gasteiger partial charge in [0, 0.05) is 48.0 Å². The number of hydrogen-bond acceptors (Lipinski definition) is 6. The van der Waals surface area contributed by atoms with Gasteiger partial charge in [0.1, 0.15) is 11.6 Å². The van der Waals surface area contributed by atoms with E-state index >= 15 is 0 Å². The maximum atomic E-state index is 14.8. The summed E-state index contributed by atoms with van der Waals surface area (Å²) >= 11 is 5.94. The van der Waals surface area contributed by atoms with Crippen LogP contribution in [0.5, 0.6) is 11.5 Å². The Labute approximate surface area is 245 Å². The van der Waals surface area contributed by atoms with Crippen molar-refractivity contribution in [1.82, 2.24) is 14.5 Å². The van der Waals surface area contributed by atoms with Crippen molar-refractivity contribution < 1.29 is 28.5 Å². The van der Waals surface area contributed by atoms with Gasteiger partial charge in [-0.25, -0.2) is 14.2 Å². The number of ether oxygens (including phenoxy) is 3. The van der Waals surface area contributed by atoms with Crippen LogP contribution in [0.1, 0.15) is 40.8 Å². The quantitative estimate of drug-likeness (QED) is 0.229. The molecule has 212 valence electrons. The number of halogens is 2. The normalized spacial score (nSPS) is 19.2. The van der Waals surface area contributed by atoms with Crippen molar-refractivity contribution >= 4 is 28.6 Å². The van der Waals surface area contributed by atoms with Crippen molar-refractivity contribution in [2.24, 2.45) is 0 Å².